The van der Waals surface area contributed by atoms with Crippen molar-refractivity contribution < 1.29 is 0 Å². The van der Waals surface area contributed by atoms with Gasteiger partial charge in [0.2, 0.25) is 0 Å². The predicted octanol–water partition coefficient (Wildman–Crippen LogP) is 2.11. The molecule has 1 nitrogen and oxygen atoms in total. The summed E-state index contributed by atoms with van der Waals surface area (Å²) in [6.45, 7) is 1.34. The maximum Gasteiger partial charge on any atom is 0.0779 e. The van der Waals surface area contributed by atoms with Gasteiger partial charge < -0.3 is 0 Å². The Morgan fingerprint density at radius 1 is 1.38 bits per heavy atom. The van der Waals surface area contributed by atoms with Gasteiger partial charge >= 0.3 is 0 Å². The van der Waals surface area contributed by atoms with Crippen LogP contribution in [-0.2, 0) is 0 Å². The molecule has 0 bridgehead atoms. The van der Waals surface area contributed by atoms with Gasteiger partial charge in [-0.3, -0.25) is 0 Å². The second kappa shape index (κ2) is 2.12. The van der Waals surface area contributed by atoms with E-state index in [2.05, 4.69) is 4.31 Å². The third-order valence-electron chi connectivity index (χ3n) is 1.65. The van der Waals surface area contributed by atoms with Crippen molar-refractivity contribution in [3.8, 4) is 0 Å². The van der Waals surface area contributed by atoms with E-state index in [1.807, 2.05) is 21.8 Å². The number of piperidine rings is 1. The number of rotatable bonds is 0. The van der Waals surface area contributed by atoms with E-state index in [0.29, 0.717) is 0 Å². The first kappa shape index (κ1) is 5.45. The molecule has 0 saturated carbocycles. The van der Waals surface area contributed by atoms with Crippen molar-refractivity contribution in [2.75, 3.05) is 6.54 Å². The second-order valence-corrected chi connectivity index (χ2v) is 4.64. The van der Waals surface area contributed by atoms with Gasteiger partial charge in [-0.05, 0) is 30.2 Å². The Bertz CT molecular complexity index is 84.4. The molecule has 2 fully saturated rings. The van der Waals surface area contributed by atoms with Crippen molar-refractivity contribution in [2.45, 2.75) is 24.6 Å². The molecule has 1 unspecified atom stereocenters. The molecule has 0 radical (unpaired) electrons. The fourth-order valence-electron chi connectivity index (χ4n) is 1.12. The summed E-state index contributed by atoms with van der Waals surface area (Å²) >= 11 is 0. The zero-order valence-corrected chi connectivity index (χ0v) is 6.30. The number of hydrogen-bond acceptors (Lipinski definition) is 3. The van der Waals surface area contributed by atoms with Crippen LogP contribution >= 0.6 is 21.8 Å². The molecule has 0 aromatic rings. The SMILES string of the molecule is C1CCN2SSC2C1. The van der Waals surface area contributed by atoms with Crippen molar-refractivity contribution in [3.05, 3.63) is 0 Å². The third-order valence-corrected chi connectivity index (χ3v) is 4.71. The van der Waals surface area contributed by atoms with Crippen molar-refractivity contribution >= 4 is 21.8 Å². The van der Waals surface area contributed by atoms with E-state index in [-0.39, 0.29) is 0 Å². The van der Waals surface area contributed by atoms with Crippen LogP contribution in [0.1, 0.15) is 19.3 Å². The van der Waals surface area contributed by atoms with Crippen LogP contribution in [0.25, 0.3) is 0 Å². The van der Waals surface area contributed by atoms with Crippen LogP contribution in [0, 0.1) is 0 Å². The highest BCUT2D eigenvalue weighted by molar-refractivity contribution is 8.78. The fourth-order valence-corrected chi connectivity index (χ4v) is 3.63. The molecule has 2 heterocycles. The highest BCUT2D eigenvalue weighted by Crippen LogP contribution is 2.50. The van der Waals surface area contributed by atoms with Gasteiger partial charge in [-0.15, -0.1) is 0 Å². The van der Waals surface area contributed by atoms with Gasteiger partial charge in [0.15, 0.2) is 0 Å². The van der Waals surface area contributed by atoms with Gasteiger partial charge in [0, 0.05) is 6.54 Å². The van der Waals surface area contributed by atoms with Crippen LogP contribution in [-0.4, -0.2) is 16.2 Å². The van der Waals surface area contributed by atoms with Gasteiger partial charge in [-0.1, -0.05) is 10.8 Å². The van der Waals surface area contributed by atoms with Crippen molar-refractivity contribution in [1.82, 2.24) is 4.31 Å². The molecule has 2 aliphatic heterocycles. The number of fused-ring (bicyclic) bond motifs is 1. The summed E-state index contributed by atoms with van der Waals surface area (Å²) in [5, 5.41) is 0.897. The lowest BCUT2D eigenvalue weighted by atomic mass is 10.2. The first-order valence-corrected chi connectivity index (χ1v) is 5.24. The highest BCUT2D eigenvalue weighted by atomic mass is 33.1. The molecule has 1 atom stereocenters. The molecular weight excluding hydrogens is 138 g/mol. The van der Waals surface area contributed by atoms with Crippen LogP contribution in [0.15, 0.2) is 0 Å². The molecule has 3 heteroatoms. The van der Waals surface area contributed by atoms with Gasteiger partial charge in [-0.2, -0.15) is 0 Å². The van der Waals surface area contributed by atoms with Gasteiger partial charge in [0.1, 0.15) is 0 Å². The normalized spacial score (nSPS) is 38.2. The molecule has 8 heavy (non-hydrogen) atoms. The molecule has 2 saturated heterocycles. The summed E-state index contributed by atoms with van der Waals surface area (Å²) in [6, 6.07) is 0. The zero-order chi connectivity index (χ0) is 5.40. The highest BCUT2D eigenvalue weighted by Gasteiger charge is 2.31. The van der Waals surface area contributed by atoms with Crippen LogP contribution in [0.4, 0.5) is 0 Å². The minimum atomic E-state index is 0.897. The minimum absolute atomic E-state index is 0.897. The topological polar surface area (TPSA) is 3.24 Å². The van der Waals surface area contributed by atoms with E-state index < -0.39 is 0 Å². The smallest absolute Gasteiger partial charge is 0.0779 e. The quantitative estimate of drug-likeness (QED) is 0.381. The minimum Gasteiger partial charge on any atom is -0.227 e. The zero-order valence-electron chi connectivity index (χ0n) is 4.67. The molecule has 0 spiro atoms. The summed E-state index contributed by atoms with van der Waals surface area (Å²) in [7, 11) is 3.97. The summed E-state index contributed by atoms with van der Waals surface area (Å²) in [5.74, 6) is 0. The van der Waals surface area contributed by atoms with Crippen molar-refractivity contribution in [3.63, 3.8) is 0 Å². The van der Waals surface area contributed by atoms with E-state index in [1.165, 1.54) is 25.8 Å². The van der Waals surface area contributed by atoms with Crippen molar-refractivity contribution in [1.29, 1.82) is 0 Å². The Hall–Kier alpha value is 0.660. The number of nitrogens with zero attached hydrogens (tertiary/aromatic N) is 1. The maximum atomic E-state index is 2.49. The molecule has 0 N–H and O–H groups in total. The lowest BCUT2D eigenvalue weighted by Crippen LogP contribution is -2.36. The Morgan fingerprint density at radius 2 is 2.38 bits per heavy atom. The van der Waals surface area contributed by atoms with Gasteiger partial charge in [-0.25, -0.2) is 4.31 Å². The Kier molecular flexibility index (Phi) is 1.44. The largest absolute Gasteiger partial charge is 0.227 e. The lowest BCUT2D eigenvalue weighted by Gasteiger charge is -2.41. The Balaban J connectivity index is 1.92. The average molecular weight is 147 g/mol. The van der Waals surface area contributed by atoms with Crippen LogP contribution in [0.5, 0.6) is 0 Å². The van der Waals surface area contributed by atoms with Crippen LogP contribution in [0.3, 0.4) is 0 Å². The molecule has 0 amide bonds. The van der Waals surface area contributed by atoms with E-state index in [1.54, 1.807) is 0 Å². The monoisotopic (exact) mass is 147 g/mol. The summed E-state index contributed by atoms with van der Waals surface area (Å²) in [6.07, 6.45) is 4.30. The fraction of sp³-hybridized carbons (Fsp3) is 1.00. The van der Waals surface area contributed by atoms with E-state index in [4.69, 9.17) is 0 Å². The lowest BCUT2D eigenvalue weighted by molar-refractivity contribution is 0.347. The van der Waals surface area contributed by atoms with Crippen molar-refractivity contribution in [2.24, 2.45) is 0 Å². The number of hydrogen-bond donors (Lipinski definition) is 0. The predicted molar refractivity (Wildman–Crippen MR) is 39.5 cm³/mol. The Morgan fingerprint density at radius 3 is 2.75 bits per heavy atom. The molecule has 2 aliphatic rings. The molecule has 2 rings (SSSR count). The summed E-state index contributed by atoms with van der Waals surface area (Å²) < 4.78 is 2.49. The standard InChI is InChI=1S/C5H9NS2/c1-2-4-6-5(3-1)7-8-6/h5H,1-4H2. The molecule has 0 aliphatic carbocycles. The Labute approximate surface area is 57.7 Å². The van der Waals surface area contributed by atoms with E-state index in [0.717, 1.165) is 5.37 Å². The van der Waals surface area contributed by atoms with E-state index in [9.17, 15) is 0 Å². The second-order valence-electron chi connectivity index (χ2n) is 2.26. The van der Waals surface area contributed by atoms with Gasteiger partial charge in [0.25, 0.3) is 0 Å². The molecule has 0 aromatic heterocycles. The molecule has 46 valence electrons. The van der Waals surface area contributed by atoms with Gasteiger partial charge in [0.05, 0.1) is 5.37 Å². The maximum absolute atomic E-state index is 2.49. The third kappa shape index (κ3) is 0.769. The summed E-state index contributed by atoms with van der Waals surface area (Å²) in [5.41, 5.74) is 0. The van der Waals surface area contributed by atoms with Crippen LogP contribution < -0.4 is 0 Å². The average Bonchev–Trinajstić information content (AvgIpc) is 1.72. The van der Waals surface area contributed by atoms with Crippen LogP contribution in [0.2, 0.25) is 0 Å². The molecule has 0 aromatic carbocycles. The first-order chi connectivity index (χ1) is 3.97. The van der Waals surface area contributed by atoms with E-state index >= 15 is 0 Å². The molecular formula is C5H9NS2. The summed E-state index contributed by atoms with van der Waals surface area (Å²) in [4.78, 5) is 0. The first-order valence-electron chi connectivity index (χ1n) is 3.07.